The van der Waals surface area contributed by atoms with Crippen molar-refractivity contribution in [2.75, 3.05) is 17.2 Å². The maximum absolute atomic E-state index is 13.9. The molecule has 0 amide bonds. The summed E-state index contributed by atoms with van der Waals surface area (Å²) in [5.41, 5.74) is 1.22. The van der Waals surface area contributed by atoms with Gasteiger partial charge in [0.2, 0.25) is 5.95 Å². The second-order valence-corrected chi connectivity index (χ2v) is 5.44. The van der Waals surface area contributed by atoms with Crippen molar-refractivity contribution >= 4 is 29.1 Å². The highest BCUT2D eigenvalue weighted by atomic mass is 35.5. The third-order valence-electron chi connectivity index (χ3n) is 3.29. The number of para-hydroxylation sites is 1. The summed E-state index contributed by atoms with van der Waals surface area (Å²) in [6, 6.07) is 6.44. The van der Waals surface area contributed by atoms with Crippen molar-refractivity contribution in [3.8, 4) is 0 Å². The average molecular weight is 307 g/mol. The van der Waals surface area contributed by atoms with E-state index in [1.54, 1.807) is 12.1 Å². The van der Waals surface area contributed by atoms with Crippen LogP contribution in [-0.2, 0) is 0 Å². The molecule has 0 saturated heterocycles. The Kier molecular flexibility index (Phi) is 3.92. The lowest BCUT2D eigenvalue weighted by atomic mass is 10.2. The van der Waals surface area contributed by atoms with Crippen LogP contribution < -0.4 is 10.6 Å². The normalized spacial score (nSPS) is 14.0. The van der Waals surface area contributed by atoms with E-state index in [9.17, 15) is 4.39 Å². The molecule has 4 nitrogen and oxygen atoms in total. The first-order valence-electron chi connectivity index (χ1n) is 7.01. The molecule has 3 rings (SSSR count). The quantitative estimate of drug-likeness (QED) is 0.863. The first-order chi connectivity index (χ1) is 10.2. The zero-order chi connectivity index (χ0) is 14.8. The fourth-order valence-corrected chi connectivity index (χ4v) is 2.31. The number of nitrogens with zero attached hydrogens (tertiary/aromatic N) is 2. The van der Waals surface area contributed by atoms with E-state index in [2.05, 4.69) is 20.6 Å². The van der Waals surface area contributed by atoms with Gasteiger partial charge < -0.3 is 10.6 Å². The van der Waals surface area contributed by atoms with Crippen molar-refractivity contribution in [1.29, 1.82) is 0 Å². The van der Waals surface area contributed by atoms with Crippen molar-refractivity contribution in [1.82, 2.24) is 9.97 Å². The Labute approximate surface area is 127 Å². The Hall–Kier alpha value is -1.88. The van der Waals surface area contributed by atoms with Gasteiger partial charge in [-0.1, -0.05) is 17.7 Å². The molecule has 2 N–H and O–H groups in total. The number of hydrogen-bond donors (Lipinski definition) is 2. The molecule has 21 heavy (non-hydrogen) atoms. The Balaban J connectivity index is 1.93. The molecule has 1 saturated carbocycles. The van der Waals surface area contributed by atoms with E-state index in [0.717, 1.165) is 25.1 Å². The minimum atomic E-state index is -0.404. The SMILES string of the molecule is CCNc1nc(Nc2c(F)cccc2Cl)cc(C2CC2)n1. The molecular weight excluding hydrogens is 291 g/mol. The molecule has 1 aromatic heterocycles. The lowest BCUT2D eigenvalue weighted by Gasteiger charge is -2.12. The summed E-state index contributed by atoms with van der Waals surface area (Å²) in [6.07, 6.45) is 2.28. The van der Waals surface area contributed by atoms with Gasteiger partial charge in [-0.15, -0.1) is 0 Å². The lowest BCUT2D eigenvalue weighted by molar-refractivity contribution is 0.632. The van der Waals surface area contributed by atoms with Crippen LogP contribution in [0.1, 0.15) is 31.4 Å². The molecule has 1 heterocycles. The van der Waals surface area contributed by atoms with E-state index in [-0.39, 0.29) is 5.69 Å². The summed E-state index contributed by atoms with van der Waals surface area (Å²) < 4.78 is 13.9. The number of hydrogen-bond acceptors (Lipinski definition) is 4. The van der Waals surface area contributed by atoms with Crippen molar-refractivity contribution in [3.05, 3.63) is 40.8 Å². The van der Waals surface area contributed by atoms with Gasteiger partial charge in [-0.05, 0) is 31.9 Å². The third-order valence-corrected chi connectivity index (χ3v) is 3.61. The van der Waals surface area contributed by atoms with E-state index in [1.807, 2.05) is 13.0 Å². The fourth-order valence-electron chi connectivity index (χ4n) is 2.10. The molecule has 2 aromatic rings. The van der Waals surface area contributed by atoms with Gasteiger partial charge in [-0.25, -0.2) is 9.37 Å². The van der Waals surface area contributed by atoms with Crippen molar-refractivity contribution in [3.63, 3.8) is 0 Å². The Morgan fingerprint density at radius 3 is 2.81 bits per heavy atom. The minimum absolute atomic E-state index is 0.238. The number of rotatable bonds is 5. The predicted octanol–water partition coefficient (Wildman–Crippen LogP) is 4.32. The van der Waals surface area contributed by atoms with Crippen LogP contribution in [0.15, 0.2) is 24.3 Å². The second kappa shape index (κ2) is 5.85. The van der Waals surface area contributed by atoms with Gasteiger partial charge in [0, 0.05) is 18.5 Å². The van der Waals surface area contributed by atoms with Gasteiger partial charge in [0.1, 0.15) is 11.6 Å². The summed E-state index contributed by atoms with van der Waals surface area (Å²) in [5, 5.41) is 6.39. The largest absolute Gasteiger partial charge is 0.354 e. The van der Waals surface area contributed by atoms with Crippen molar-refractivity contribution in [2.45, 2.75) is 25.7 Å². The van der Waals surface area contributed by atoms with Crippen molar-refractivity contribution < 1.29 is 4.39 Å². The molecule has 0 aliphatic heterocycles. The molecule has 1 aliphatic carbocycles. The monoisotopic (exact) mass is 306 g/mol. The minimum Gasteiger partial charge on any atom is -0.354 e. The first-order valence-corrected chi connectivity index (χ1v) is 7.39. The molecule has 1 aromatic carbocycles. The van der Waals surface area contributed by atoms with Gasteiger partial charge in [0.05, 0.1) is 16.4 Å². The first kappa shape index (κ1) is 14.1. The standard InChI is InChI=1S/C15H16ClFN4/c1-2-18-15-19-12(9-6-7-9)8-13(21-15)20-14-10(16)4-3-5-11(14)17/h3-5,8-9H,2,6-7H2,1H3,(H2,18,19,20,21). The Morgan fingerprint density at radius 1 is 1.33 bits per heavy atom. The van der Waals surface area contributed by atoms with Gasteiger partial charge >= 0.3 is 0 Å². The Morgan fingerprint density at radius 2 is 2.14 bits per heavy atom. The van der Waals surface area contributed by atoms with Crippen LogP contribution >= 0.6 is 11.6 Å². The fraction of sp³-hybridized carbons (Fsp3) is 0.333. The van der Waals surface area contributed by atoms with E-state index >= 15 is 0 Å². The molecule has 0 unspecified atom stereocenters. The van der Waals surface area contributed by atoms with E-state index in [1.165, 1.54) is 6.07 Å². The molecule has 0 radical (unpaired) electrons. The van der Waals surface area contributed by atoms with Crippen LogP contribution in [0.25, 0.3) is 0 Å². The molecular formula is C15H16ClFN4. The van der Waals surface area contributed by atoms with Gasteiger partial charge in [-0.2, -0.15) is 4.98 Å². The van der Waals surface area contributed by atoms with E-state index in [4.69, 9.17) is 11.6 Å². The number of anilines is 3. The molecule has 0 spiro atoms. The zero-order valence-corrected chi connectivity index (χ0v) is 12.4. The van der Waals surface area contributed by atoms with Crippen LogP contribution in [0.4, 0.5) is 21.8 Å². The predicted molar refractivity (Wildman–Crippen MR) is 82.9 cm³/mol. The molecule has 110 valence electrons. The summed E-state index contributed by atoms with van der Waals surface area (Å²) in [6.45, 7) is 2.71. The van der Waals surface area contributed by atoms with Gasteiger partial charge in [0.15, 0.2) is 0 Å². The Bertz CT molecular complexity index is 638. The summed E-state index contributed by atoms with van der Waals surface area (Å²) in [7, 11) is 0. The maximum atomic E-state index is 13.9. The molecule has 1 fully saturated rings. The highest BCUT2D eigenvalue weighted by molar-refractivity contribution is 6.33. The zero-order valence-electron chi connectivity index (χ0n) is 11.7. The molecule has 0 atom stereocenters. The molecule has 0 bridgehead atoms. The number of benzene rings is 1. The van der Waals surface area contributed by atoms with Gasteiger partial charge in [-0.3, -0.25) is 0 Å². The molecule has 6 heteroatoms. The average Bonchev–Trinajstić information content (AvgIpc) is 3.28. The van der Waals surface area contributed by atoms with Crippen LogP contribution in [0.3, 0.4) is 0 Å². The third kappa shape index (κ3) is 3.24. The number of nitrogens with one attached hydrogen (secondary N) is 2. The van der Waals surface area contributed by atoms with Crippen LogP contribution in [0.5, 0.6) is 0 Å². The summed E-state index contributed by atoms with van der Waals surface area (Å²) in [4.78, 5) is 8.83. The number of aromatic nitrogens is 2. The highest BCUT2D eigenvalue weighted by Crippen LogP contribution is 2.40. The highest BCUT2D eigenvalue weighted by Gasteiger charge is 2.26. The van der Waals surface area contributed by atoms with Crippen LogP contribution in [0, 0.1) is 5.82 Å². The lowest BCUT2D eigenvalue weighted by Crippen LogP contribution is -2.07. The van der Waals surface area contributed by atoms with Gasteiger partial charge in [0.25, 0.3) is 0 Å². The van der Waals surface area contributed by atoms with E-state index < -0.39 is 5.82 Å². The second-order valence-electron chi connectivity index (χ2n) is 5.03. The maximum Gasteiger partial charge on any atom is 0.224 e. The van der Waals surface area contributed by atoms with Crippen LogP contribution in [-0.4, -0.2) is 16.5 Å². The topological polar surface area (TPSA) is 49.8 Å². The summed E-state index contributed by atoms with van der Waals surface area (Å²) in [5.74, 6) is 1.19. The molecule has 1 aliphatic rings. The van der Waals surface area contributed by atoms with Crippen LogP contribution in [0.2, 0.25) is 5.02 Å². The number of halogens is 2. The van der Waals surface area contributed by atoms with Crippen molar-refractivity contribution in [2.24, 2.45) is 0 Å². The summed E-state index contributed by atoms with van der Waals surface area (Å²) >= 11 is 6.03. The smallest absolute Gasteiger partial charge is 0.224 e. The van der Waals surface area contributed by atoms with E-state index in [0.29, 0.717) is 22.7 Å².